The maximum Gasteiger partial charge on any atom is 0.305 e. The summed E-state index contributed by atoms with van der Waals surface area (Å²) in [4.78, 5) is 13.0. The molecule has 0 atom stereocenters. The van der Waals surface area contributed by atoms with Crippen molar-refractivity contribution in [3.05, 3.63) is 0 Å². The minimum atomic E-state index is -0.144. The summed E-state index contributed by atoms with van der Waals surface area (Å²) in [5.41, 5.74) is 0. The van der Waals surface area contributed by atoms with E-state index in [2.05, 4.69) is 9.64 Å². The number of esters is 1. The summed E-state index contributed by atoms with van der Waals surface area (Å²) in [6.45, 7) is 3.97. The van der Waals surface area contributed by atoms with Gasteiger partial charge in [-0.15, -0.1) is 0 Å². The molecule has 102 valence electrons. The Hall–Kier alpha value is -0.650. The Labute approximate surface area is 104 Å². The fourth-order valence-corrected chi connectivity index (χ4v) is 1.33. The summed E-state index contributed by atoms with van der Waals surface area (Å²) in [5.74, 6) is -0.144. The highest BCUT2D eigenvalue weighted by Gasteiger charge is 2.02. The van der Waals surface area contributed by atoms with Gasteiger partial charge in [0.25, 0.3) is 0 Å². The molecule has 0 saturated carbocycles. The fourth-order valence-electron chi connectivity index (χ4n) is 1.33. The normalized spacial score (nSPS) is 10.8. The molecule has 0 radical (unpaired) electrons. The van der Waals surface area contributed by atoms with Crippen LogP contribution in [0.3, 0.4) is 0 Å². The highest BCUT2D eigenvalue weighted by Crippen LogP contribution is 1.95. The lowest BCUT2D eigenvalue weighted by Crippen LogP contribution is -2.25. The van der Waals surface area contributed by atoms with Crippen molar-refractivity contribution in [1.82, 2.24) is 4.90 Å². The monoisotopic (exact) mass is 247 g/mol. The van der Waals surface area contributed by atoms with E-state index in [1.165, 1.54) is 7.11 Å². The van der Waals surface area contributed by atoms with Gasteiger partial charge in [-0.25, -0.2) is 0 Å². The van der Waals surface area contributed by atoms with Gasteiger partial charge in [0, 0.05) is 33.3 Å². The van der Waals surface area contributed by atoms with Gasteiger partial charge in [0.05, 0.1) is 13.7 Å². The van der Waals surface area contributed by atoms with Crippen molar-refractivity contribution in [3.8, 4) is 0 Å². The van der Waals surface area contributed by atoms with Crippen molar-refractivity contribution in [2.45, 2.75) is 19.3 Å². The molecule has 0 unspecified atom stereocenters. The second-order valence-electron chi connectivity index (χ2n) is 3.94. The number of methoxy groups -OCH3 is 2. The Morgan fingerprint density at radius 3 is 2.47 bits per heavy atom. The van der Waals surface area contributed by atoms with Gasteiger partial charge in [-0.05, 0) is 26.4 Å². The van der Waals surface area contributed by atoms with Crippen LogP contribution >= 0.6 is 0 Å². The first-order valence-corrected chi connectivity index (χ1v) is 6.02. The van der Waals surface area contributed by atoms with Gasteiger partial charge in [0.2, 0.25) is 0 Å². The predicted molar refractivity (Wildman–Crippen MR) is 66.1 cm³/mol. The maximum atomic E-state index is 10.9. The zero-order valence-corrected chi connectivity index (χ0v) is 11.2. The lowest BCUT2D eigenvalue weighted by molar-refractivity contribution is -0.140. The van der Waals surface area contributed by atoms with E-state index in [4.69, 9.17) is 9.47 Å². The highest BCUT2D eigenvalue weighted by molar-refractivity contribution is 5.69. The van der Waals surface area contributed by atoms with Crippen LogP contribution in [-0.4, -0.2) is 65.0 Å². The highest BCUT2D eigenvalue weighted by atomic mass is 16.5. The third-order valence-corrected chi connectivity index (χ3v) is 2.40. The van der Waals surface area contributed by atoms with Crippen LogP contribution in [0.2, 0.25) is 0 Å². The number of nitrogens with zero attached hydrogens (tertiary/aromatic N) is 1. The van der Waals surface area contributed by atoms with Gasteiger partial charge in [-0.3, -0.25) is 4.79 Å². The smallest absolute Gasteiger partial charge is 0.305 e. The van der Waals surface area contributed by atoms with Crippen molar-refractivity contribution in [2.24, 2.45) is 0 Å². The zero-order valence-electron chi connectivity index (χ0n) is 11.2. The standard InChI is InChI=1S/C12H25NO4/c1-13(7-4-6-12(14)16-3)8-11-17-10-5-9-15-2/h4-11H2,1-3H3. The molecule has 0 spiro atoms. The van der Waals surface area contributed by atoms with Crippen LogP contribution in [0.25, 0.3) is 0 Å². The van der Waals surface area contributed by atoms with Gasteiger partial charge in [-0.1, -0.05) is 0 Å². The SMILES string of the molecule is COCCCOCCN(C)CCCC(=O)OC. The summed E-state index contributed by atoms with van der Waals surface area (Å²) < 4.78 is 14.9. The van der Waals surface area contributed by atoms with Crippen molar-refractivity contribution in [2.75, 3.05) is 54.2 Å². The average Bonchev–Trinajstić information content (AvgIpc) is 2.33. The minimum Gasteiger partial charge on any atom is -0.469 e. The summed E-state index contributed by atoms with van der Waals surface area (Å²) in [6.07, 6.45) is 2.24. The van der Waals surface area contributed by atoms with Crippen LogP contribution in [0, 0.1) is 0 Å². The molecule has 0 fully saturated rings. The molecule has 0 aromatic carbocycles. The van der Waals surface area contributed by atoms with E-state index >= 15 is 0 Å². The van der Waals surface area contributed by atoms with Gasteiger partial charge in [0.1, 0.15) is 0 Å². The molecule has 0 aliphatic rings. The lowest BCUT2D eigenvalue weighted by atomic mass is 10.3. The van der Waals surface area contributed by atoms with Crippen LogP contribution in [0.4, 0.5) is 0 Å². The second-order valence-corrected chi connectivity index (χ2v) is 3.94. The van der Waals surface area contributed by atoms with E-state index in [-0.39, 0.29) is 5.97 Å². The van der Waals surface area contributed by atoms with E-state index in [0.29, 0.717) is 6.42 Å². The van der Waals surface area contributed by atoms with E-state index in [1.54, 1.807) is 7.11 Å². The Morgan fingerprint density at radius 2 is 1.82 bits per heavy atom. The third kappa shape index (κ3) is 11.6. The van der Waals surface area contributed by atoms with Crippen LogP contribution < -0.4 is 0 Å². The van der Waals surface area contributed by atoms with Gasteiger partial charge < -0.3 is 19.1 Å². The maximum absolute atomic E-state index is 10.9. The number of hydrogen-bond acceptors (Lipinski definition) is 5. The van der Waals surface area contributed by atoms with Gasteiger partial charge in [-0.2, -0.15) is 0 Å². The quantitative estimate of drug-likeness (QED) is 0.401. The third-order valence-electron chi connectivity index (χ3n) is 2.40. The first-order chi connectivity index (χ1) is 8.20. The van der Waals surface area contributed by atoms with Crippen LogP contribution in [0.15, 0.2) is 0 Å². The zero-order chi connectivity index (χ0) is 12.9. The Kier molecular flexibility index (Phi) is 11.4. The number of ether oxygens (including phenoxy) is 3. The molecule has 0 aromatic heterocycles. The Bertz CT molecular complexity index is 187. The topological polar surface area (TPSA) is 48.0 Å². The van der Waals surface area contributed by atoms with Crippen molar-refractivity contribution in [1.29, 1.82) is 0 Å². The van der Waals surface area contributed by atoms with Crippen LogP contribution in [0.5, 0.6) is 0 Å². The van der Waals surface area contributed by atoms with E-state index < -0.39 is 0 Å². The molecular weight excluding hydrogens is 222 g/mol. The number of carbonyl (C=O) groups excluding carboxylic acids is 1. The van der Waals surface area contributed by atoms with Crippen molar-refractivity contribution < 1.29 is 19.0 Å². The second kappa shape index (κ2) is 11.8. The number of carbonyl (C=O) groups is 1. The summed E-state index contributed by atoms with van der Waals surface area (Å²) in [6, 6.07) is 0. The van der Waals surface area contributed by atoms with Gasteiger partial charge in [0.15, 0.2) is 0 Å². The summed E-state index contributed by atoms with van der Waals surface area (Å²) in [5, 5.41) is 0. The molecule has 0 aromatic rings. The number of rotatable bonds is 11. The molecule has 5 heteroatoms. The molecule has 0 saturated heterocycles. The van der Waals surface area contributed by atoms with Crippen LogP contribution in [0.1, 0.15) is 19.3 Å². The summed E-state index contributed by atoms with van der Waals surface area (Å²) >= 11 is 0. The molecule has 0 bridgehead atoms. The molecule has 0 aliphatic carbocycles. The minimum absolute atomic E-state index is 0.144. The molecule has 0 N–H and O–H groups in total. The number of likely N-dealkylation sites (N-methyl/N-ethyl adjacent to an activating group) is 1. The molecule has 17 heavy (non-hydrogen) atoms. The summed E-state index contributed by atoms with van der Waals surface area (Å²) in [7, 11) is 5.13. The van der Waals surface area contributed by atoms with Crippen molar-refractivity contribution >= 4 is 5.97 Å². The predicted octanol–water partition coefficient (Wildman–Crippen LogP) is 0.925. The largest absolute Gasteiger partial charge is 0.469 e. The van der Waals surface area contributed by atoms with Crippen LogP contribution in [-0.2, 0) is 19.0 Å². The Morgan fingerprint density at radius 1 is 1.06 bits per heavy atom. The Balaban J connectivity index is 3.23. The molecule has 0 aliphatic heterocycles. The molecule has 0 amide bonds. The van der Waals surface area contributed by atoms with E-state index in [1.807, 2.05) is 7.05 Å². The van der Waals surface area contributed by atoms with E-state index in [9.17, 15) is 4.79 Å². The molecule has 5 nitrogen and oxygen atoms in total. The lowest BCUT2D eigenvalue weighted by Gasteiger charge is -2.16. The molecule has 0 heterocycles. The molecular formula is C12H25NO4. The fraction of sp³-hybridized carbons (Fsp3) is 0.917. The number of hydrogen-bond donors (Lipinski definition) is 0. The van der Waals surface area contributed by atoms with E-state index in [0.717, 1.165) is 45.8 Å². The first-order valence-electron chi connectivity index (χ1n) is 6.02. The van der Waals surface area contributed by atoms with Crippen molar-refractivity contribution in [3.63, 3.8) is 0 Å². The molecule has 0 rings (SSSR count). The first kappa shape index (κ1) is 16.4. The average molecular weight is 247 g/mol. The van der Waals surface area contributed by atoms with Gasteiger partial charge >= 0.3 is 5.97 Å².